The number of likely N-dealkylation sites (N-methyl/N-ethyl adjacent to an activating group) is 1. The van der Waals surface area contributed by atoms with Gasteiger partial charge in [0.25, 0.3) is 5.91 Å². The van der Waals surface area contributed by atoms with E-state index in [4.69, 9.17) is 16.3 Å². The predicted octanol–water partition coefficient (Wildman–Crippen LogP) is 2.00. The molecule has 26 heavy (non-hydrogen) atoms. The van der Waals surface area contributed by atoms with Crippen molar-refractivity contribution in [2.75, 3.05) is 50.1 Å². The van der Waals surface area contributed by atoms with Gasteiger partial charge in [0.05, 0.1) is 43.9 Å². The maximum Gasteiger partial charge on any atom is 0.262 e. The Bertz CT molecular complexity index is 773. The second-order valence-corrected chi connectivity index (χ2v) is 7.12. The van der Waals surface area contributed by atoms with E-state index in [9.17, 15) is 4.79 Å². The third-order valence-electron chi connectivity index (χ3n) is 4.64. The van der Waals surface area contributed by atoms with Gasteiger partial charge in [-0.1, -0.05) is 29.8 Å². The Morgan fingerprint density at radius 1 is 1.23 bits per heavy atom. The molecule has 0 saturated carbocycles. The first-order valence-corrected chi connectivity index (χ1v) is 9.25. The molecule has 0 unspecified atom stereocenters. The first-order valence-electron chi connectivity index (χ1n) is 8.87. The molecule has 2 aromatic carbocycles. The van der Waals surface area contributed by atoms with E-state index in [2.05, 4.69) is 17.3 Å². The molecule has 0 aliphatic carbocycles. The van der Waals surface area contributed by atoms with Gasteiger partial charge in [-0.2, -0.15) is 0 Å². The van der Waals surface area contributed by atoms with Gasteiger partial charge >= 0.3 is 0 Å². The van der Waals surface area contributed by atoms with Crippen LogP contribution >= 0.6 is 11.6 Å². The molecule has 2 aromatic rings. The van der Waals surface area contributed by atoms with Gasteiger partial charge in [0.1, 0.15) is 5.75 Å². The van der Waals surface area contributed by atoms with Crippen LogP contribution in [-0.2, 0) is 4.79 Å². The zero-order chi connectivity index (χ0) is 18.5. The third-order valence-corrected chi connectivity index (χ3v) is 4.94. The molecular weight excluding hydrogens is 350 g/mol. The summed E-state index contributed by atoms with van der Waals surface area (Å²) in [6.45, 7) is 6.09. The summed E-state index contributed by atoms with van der Waals surface area (Å²) in [5, 5.41) is 3.49. The van der Waals surface area contributed by atoms with E-state index in [0.717, 1.165) is 37.4 Å². The minimum atomic E-state index is -0.208. The van der Waals surface area contributed by atoms with Crippen LogP contribution in [0.25, 0.3) is 0 Å². The smallest absolute Gasteiger partial charge is 0.262 e. The van der Waals surface area contributed by atoms with Crippen molar-refractivity contribution in [2.45, 2.75) is 6.92 Å². The van der Waals surface area contributed by atoms with Crippen molar-refractivity contribution in [3.8, 4) is 5.75 Å². The quantitative estimate of drug-likeness (QED) is 0.841. The van der Waals surface area contributed by atoms with Gasteiger partial charge in [-0.05, 0) is 36.8 Å². The van der Waals surface area contributed by atoms with E-state index in [1.54, 1.807) is 6.07 Å². The van der Waals surface area contributed by atoms with Crippen LogP contribution in [-0.4, -0.2) is 45.7 Å². The number of nitrogens with one attached hydrogen (secondary N) is 2. The fourth-order valence-corrected chi connectivity index (χ4v) is 3.33. The molecule has 1 heterocycles. The number of anilines is 2. The number of quaternary nitrogens is 1. The highest BCUT2D eigenvalue weighted by molar-refractivity contribution is 6.33. The molecule has 0 spiro atoms. The summed E-state index contributed by atoms with van der Waals surface area (Å²) >= 11 is 6.45. The summed E-state index contributed by atoms with van der Waals surface area (Å²) in [5.74, 6) is 0.508. The molecule has 3 rings (SSSR count). The number of ether oxygens (including phenoxy) is 1. The lowest BCUT2D eigenvalue weighted by molar-refractivity contribution is -0.880. The molecule has 0 radical (unpaired) electrons. The highest BCUT2D eigenvalue weighted by Gasteiger charge is 2.19. The highest BCUT2D eigenvalue weighted by Crippen LogP contribution is 2.29. The number of benzene rings is 2. The lowest BCUT2D eigenvalue weighted by Gasteiger charge is -2.32. The Hall–Kier alpha value is -2.24. The van der Waals surface area contributed by atoms with E-state index in [0.29, 0.717) is 16.5 Å². The van der Waals surface area contributed by atoms with Crippen LogP contribution in [0.15, 0.2) is 42.5 Å². The lowest BCUT2D eigenvalue weighted by Crippen LogP contribution is -3.12. The molecule has 0 aromatic heterocycles. The van der Waals surface area contributed by atoms with Crippen molar-refractivity contribution >= 4 is 28.9 Å². The number of hydrogen-bond donors (Lipinski definition) is 2. The molecule has 1 fully saturated rings. The number of halogens is 1. The van der Waals surface area contributed by atoms with Crippen molar-refractivity contribution < 1.29 is 14.4 Å². The van der Waals surface area contributed by atoms with Crippen LogP contribution in [0.5, 0.6) is 5.75 Å². The number of amides is 1. The molecule has 2 N–H and O–H groups in total. The number of nitrogens with zero attached hydrogens (tertiary/aromatic N) is 1. The first-order chi connectivity index (χ1) is 12.5. The summed E-state index contributed by atoms with van der Waals surface area (Å²) in [7, 11) is 2.20. The van der Waals surface area contributed by atoms with Crippen LogP contribution in [0.4, 0.5) is 11.4 Å². The summed E-state index contributed by atoms with van der Waals surface area (Å²) in [4.78, 5) is 16.0. The third kappa shape index (κ3) is 4.68. The molecule has 1 amide bonds. The Morgan fingerprint density at radius 3 is 2.65 bits per heavy atom. The van der Waals surface area contributed by atoms with E-state index >= 15 is 0 Å². The van der Waals surface area contributed by atoms with Gasteiger partial charge in [0.15, 0.2) is 6.61 Å². The zero-order valence-corrected chi connectivity index (χ0v) is 16.0. The van der Waals surface area contributed by atoms with Gasteiger partial charge in [0, 0.05) is 5.69 Å². The number of carbonyl (C=O) groups is 1. The number of hydrogen-bond acceptors (Lipinski definition) is 3. The minimum absolute atomic E-state index is 0.0362. The summed E-state index contributed by atoms with van der Waals surface area (Å²) in [6.07, 6.45) is 0. The minimum Gasteiger partial charge on any atom is -0.483 e. The van der Waals surface area contributed by atoms with E-state index < -0.39 is 0 Å². The van der Waals surface area contributed by atoms with Crippen LogP contribution < -0.4 is 19.9 Å². The molecule has 138 valence electrons. The van der Waals surface area contributed by atoms with Crippen molar-refractivity contribution in [3.05, 3.63) is 53.1 Å². The average molecular weight is 375 g/mol. The highest BCUT2D eigenvalue weighted by atomic mass is 35.5. The van der Waals surface area contributed by atoms with Crippen LogP contribution in [0.2, 0.25) is 5.02 Å². The zero-order valence-electron chi connectivity index (χ0n) is 15.2. The van der Waals surface area contributed by atoms with Gasteiger partial charge < -0.3 is 19.9 Å². The molecule has 1 saturated heterocycles. The topological polar surface area (TPSA) is 46.0 Å². The van der Waals surface area contributed by atoms with Gasteiger partial charge in [0.2, 0.25) is 0 Å². The van der Waals surface area contributed by atoms with Crippen molar-refractivity contribution in [1.29, 1.82) is 0 Å². The second kappa shape index (κ2) is 8.43. The number of piperazine rings is 1. The molecular formula is C20H25ClN3O2+. The predicted molar refractivity (Wildman–Crippen MR) is 106 cm³/mol. The second-order valence-electron chi connectivity index (χ2n) is 6.71. The molecule has 5 nitrogen and oxygen atoms in total. The number of carbonyl (C=O) groups excluding carboxylic acids is 1. The average Bonchev–Trinajstić information content (AvgIpc) is 2.62. The Balaban J connectivity index is 1.57. The lowest BCUT2D eigenvalue weighted by atomic mass is 10.2. The first kappa shape index (κ1) is 18.5. The van der Waals surface area contributed by atoms with Crippen LogP contribution in [0, 0.1) is 6.92 Å². The van der Waals surface area contributed by atoms with Crippen LogP contribution in [0.3, 0.4) is 0 Å². The number of rotatable bonds is 5. The van der Waals surface area contributed by atoms with Crippen LogP contribution in [0.1, 0.15) is 5.56 Å². The molecule has 6 heteroatoms. The fourth-order valence-electron chi connectivity index (χ4n) is 3.03. The maximum absolute atomic E-state index is 12.1. The van der Waals surface area contributed by atoms with Crippen molar-refractivity contribution in [3.63, 3.8) is 0 Å². The summed E-state index contributed by atoms with van der Waals surface area (Å²) in [5.41, 5.74) is 2.70. The summed E-state index contributed by atoms with van der Waals surface area (Å²) < 4.78 is 5.57. The fraction of sp³-hybridized carbons (Fsp3) is 0.350. The van der Waals surface area contributed by atoms with E-state index in [1.807, 2.05) is 43.3 Å². The Labute approximate surface area is 159 Å². The van der Waals surface area contributed by atoms with Crippen molar-refractivity contribution in [2.24, 2.45) is 0 Å². The van der Waals surface area contributed by atoms with Gasteiger partial charge in [-0.25, -0.2) is 0 Å². The summed E-state index contributed by atoms with van der Waals surface area (Å²) in [6, 6.07) is 13.3. The number of para-hydroxylation sites is 1. The normalized spacial score (nSPS) is 15.0. The molecule has 1 aliphatic heterocycles. The SMILES string of the molecule is Cc1ccccc1OCC(=O)Nc1ccc(N2CC[NH+](C)CC2)c(Cl)c1. The van der Waals surface area contributed by atoms with Crippen molar-refractivity contribution in [1.82, 2.24) is 0 Å². The molecule has 0 bridgehead atoms. The monoisotopic (exact) mass is 374 g/mol. The van der Waals surface area contributed by atoms with Gasteiger partial charge in [-0.3, -0.25) is 4.79 Å². The Kier molecular flexibility index (Phi) is 6.01. The van der Waals surface area contributed by atoms with Gasteiger partial charge in [-0.15, -0.1) is 0 Å². The Morgan fingerprint density at radius 2 is 1.96 bits per heavy atom. The maximum atomic E-state index is 12.1. The van der Waals surface area contributed by atoms with E-state index in [1.165, 1.54) is 4.90 Å². The largest absolute Gasteiger partial charge is 0.483 e. The molecule has 1 aliphatic rings. The standard InChI is InChI=1S/C20H24ClN3O2/c1-15-5-3-4-6-19(15)26-14-20(25)22-16-7-8-18(17(21)13-16)24-11-9-23(2)10-12-24/h3-8,13H,9-12,14H2,1-2H3,(H,22,25)/p+1. The number of aryl methyl sites for hydroxylation is 1. The molecule has 0 atom stereocenters. The van der Waals surface area contributed by atoms with E-state index in [-0.39, 0.29) is 12.5 Å².